The van der Waals surface area contributed by atoms with Gasteiger partial charge in [0.05, 0.1) is 27.5 Å². The van der Waals surface area contributed by atoms with Crippen molar-refractivity contribution in [1.82, 2.24) is 24.6 Å². The number of hydrogen-bond acceptors (Lipinski definition) is 13. The minimum Gasteiger partial charge on any atom is -0.471 e. The van der Waals surface area contributed by atoms with E-state index in [9.17, 15) is 14.9 Å². The summed E-state index contributed by atoms with van der Waals surface area (Å²) in [6.45, 7) is 5.02. The highest BCUT2D eigenvalue weighted by Gasteiger charge is 2.54. The van der Waals surface area contributed by atoms with Crippen LogP contribution >= 0.6 is 23.1 Å². The molecule has 51 heavy (non-hydrogen) atoms. The minimum absolute atomic E-state index is 0.145. The van der Waals surface area contributed by atoms with Crippen molar-refractivity contribution in [3.63, 3.8) is 0 Å². The Bertz CT molecular complexity index is 2050. The number of hydrogen-bond donors (Lipinski definition) is 1. The van der Waals surface area contributed by atoms with Crippen LogP contribution in [0, 0.1) is 22.7 Å². The van der Waals surface area contributed by atoms with Gasteiger partial charge in [0.2, 0.25) is 5.88 Å². The zero-order chi connectivity index (χ0) is 35.5. The predicted octanol–water partition coefficient (Wildman–Crippen LogP) is 5.29. The topological polar surface area (TPSA) is 145 Å². The van der Waals surface area contributed by atoms with Crippen LogP contribution in [0.5, 0.6) is 11.9 Å². The summed E-state index contributed by atoms with van der Waals surface area (Å²) < 4.78 is 28.7. The number of nitrogen functional groups attached to an aromatic ring is 1. The Balaban J connectivity index is 1.12. The molecule has 1 aromatic carbocycles. The molecule has 4 aliphatic rings. The van der Waals surface area contributed by atoms with Crippen LogP contribution in [0.2, 0.25) is 0 Å². The maximum atomic E-state index is 14.6. The molecule has 0 amide bonds. The number of aromatic nitrogens is 4. The zero-order valence-corrected chi connectivity index (χ0v) is 30.4. The number of nitrogens with two attached hydrogens (primary N) is 1. The molecule has 1 spiro atoms. The highest BCUT2D eigenvalue weighted by molar-refractivity contribution is 8.00. The van der Waals surface area contributed by atoms with Gasteiger partial charge >= 0.3 is 6.01 Å². The van der Waals surface area contributed by atoms with Crippen LogP contribution in [-0.2, 0) is 24.2 Å². The smallest absolute Gasteiger partial charge is 0.320 e. The van der Waals surface area contributed by atoms with Gasteiger partial charge in [-0.25, -0.2) is 4.39 Å². The van der Waals surface area contributed by atoms with Crippen LogP contribution in [0.15, 0.2) is 36.5 Å². The Morgan fingerprint density at radius 3 is 2.71 bits per heavy atom. The lowest BCUT2D eigenvalue weighted by Gasteiger charge is -2.48. The number of nitriles is 2. The number of benzene rings is 1. The van der Waals surface area contributed by atoms with Gasteiger partial charge in [0, 0.05) is 62.5 Å². The normalized spacial score (nSPS) is 22.2. The van der Waals surface area contributed by atoms with Crippen LogP contribution in [-0.4, -0.2) is 76.2 Å². The summed E-state index contributed by atoms with van der Waals surface area (Å²) in [5.74, 6) is 2.17. The Morgan fingerprint density at radius 2 is 1.94 bits per heavy atom. The molecule has 15 heteroatoms. The second-order valence-corrected chi connectivity index (χ2v) is 16.5. The summed E-state index contributed by atoms with van der Waals surface area (Å²) in [4.78, 5) is 17.1. The van der Waals surface area contributed by atoms with Crippen molar-refractivity contribution < 1.29 is 13.9 Å². The summed E-state index contributed by atoms with van der Waals surface area (Å²) in [7, 11) is 3.74. The molecular weight excluding hydrogens is 688 g/mol. The molecule has 3 saturated heterocycles. The molecule has 7 heterocycles. The fourth-order valence-corrected chi connectivity index (χ4v) is 11.0. The molecular formula is C36H39FN10O2S2. The summed E-state index contributed by atoms with van der Waals surface area (Å²) in [5.41, 5.74) is 9.61. The molecule has 3 aromatic heterocycles. The van der Waals surface area contributed by atoms with E-state index in [0.29, 0.717) is 66.3 Å². The number of ether oxygens (including phenoxy) is 2. The number of thioether (sulfide) groups is 1. The van der Waals surface area contributed by atoms with Gasteiger partial charge in [0.15, 0.2) is 11.6 Å². The molecule has 3 fully saturated rings. The molecule has 0 aliphatic carbocycles. The molecule has 1 unspecified atom stereocenters. The number of aryl methyl sites for hydroxylation is 1. The van der Waals surface area contributed by atoms with E-state index in [-0.39, 0.29) is 28.9 Å². The van der Waals surface area contributed by atoms with Crippen LogP contribution < -0.4 is 25.0 Å². The number of rotatable bonds is 10. The van der Waals surface area contributed by atoms with E-state index in [1.807, 2.05) is 74.2 Å². The average Bonchev–Trinajstić information content (AvgIpc) is 3.91. The van der Waals surface area contributed by atoms with Crippen molar-refractivity contribution in [3.05, 3.63) is 69.2 Å². The first-order valence-electron chi connectivity index (χ1n) is 17.1. The minimum atomic E-state index is -0.887. The van der Waals surface area contributed by atoms with Gasteiger partial charge in [-0.2, -0.15) is 20.5 Å². The fourth-order valence-electron chi connectivity index (χ4n) is 8.15. The molecule has 8 rings (SSSR count). The SMILES string of the molecule is CC(c1cn(C)nc1OCc1ccccc1)N(C)c1nc(OC[C@@]23CCCN2C[C@H](F)C3)nc(N2CC3(C2)SCc2sc(N)c(C#N)c23)c1C#N. The highest BCUT2D eigenvalue weighted by Crippen LogP contribution is 2.58. The largest absolute Gasteiger partial charge is 0.471 e. The van der Waals surface area contributed by atoms with Crippen molar-refractivity contribution in [1.29, 1.82) is 10.5 Å². The van der Waals surface area contributed by atoms with E-state index < -0.39 is 6.17 Å². The van der Waals surface area contributed by atoms with Crippen molar-refractivity contribution in [2.45, 2.75) is 61.0 Å². The first kappa shape index (κ1) is 33.6. The van der Waals surface area contributed by atoms with Crippen molar-refractivity contribution in [2.75, 3.05) is 55.4 Å². The molecule has 0 saturated carbocycles. The number of fused-ring (bicyclic) bond motifs is 3. The Hall–Kier alpha value is -4.57. The molecule has 264 valence electrons. The summed E-state index contributed by atoms with van der Waals surface area (Å²) in [6, 6.07) is 14.5. The summed E-state index contributed by atoms with van der Waals surface area (Å²) in [5, 5.41) is 25.8. The number of nitrogens with zero attached hydrogens (tertiary/aromatic N) is 9. The van der Waals surface area contributed by atoms with Gasteiger partial charge in [0.25, 0.3) is 0 Å². The Labute approximate surface area is 304 Å². The van der Waals surface area contributed by atoms with Crippen LogP contribution in [0.3, 0.4) is 0 Å². The average molecular weight is 727 g/mol. The maximum absolute atomic E-state index is 14.6. The quantitative estimate of drug-likeness (QED) is 0.227. The molecule has 0 radical (unpaired) electrons. The molecule has 4 aliphatic heterocycles. The lowest BCUT2D eigenvalue weighted by Crippen LogP contribution is -2.57. The number of halogens is 1. The molecule has 0 bridgehead atoms. The van der Waals surface area contributed by atoms with E-state index in [1.165, 1.54) is 11.3 Å². The zero-order valence-electron chi connectivity index (χ0n) is 28.8. The van der Waals surface area contributed by atoms with Gasteiger partial charge in [-0.1, -0.05) is 30.3 Å². The second kappa shape index (κ2) is 12.9. The molecule has 4 aromatic rings. The van der Waals surface area contributed by atoms with Crippen molar-refractivity contribution >= 4 is 39.7 Å². The fraction of sp³-hybridized carbons (Fsp3) is 0.472. The summed E-state index contributed by atoms with van der Waals surface area (Å²) in [6.07, 6.45) is 3.30. The summed E-state index contributed by atoms with van der Waals surface area (Å²) >= 11 is 3.30. The number of alkyl halides is 1. The predicted molar refractivity (Wildman–Crippen MR) is 195 cm³/mol. The third kappa shape index (κ3) is 5.72. The van der Waals surface area contributed by atoms with Crippen molar-refractivity contribution in [3.8, 4) is 24.0 Å². The van der Waals surface area contributed by atoms with E-state index in [0.717, 1.165) is 46.7 Å². The van der Waals surface area contributed by atoms with Crippen molar-refractivity contribution in [2.24, 2.45) is 7.05 Å². The number of thiophene rings is 1. The standard InChI is InChI=1S/C36H39FN10O2S2/c1-22(27-16-44(2)43-33(27)48-17-23-8-5-4-6-9-23)45(3)31-26(14-39)32(42-34(41-31)49-21-35-10-7-11-47(35)15-24(37)12-35)46-19-36(20-46)29-25(13-38)30(40)51-28(29)18-50-36/h4-6,8-9,16,22,24H,7,10-12,15,17-21,40H2,1-3H3/t22?,24-,35+/m1/s1. The molecule has 3 atom stereocenters. The van der Waals surface area contributed by atoms with E-state index in [1.54, 1.807) is 4.68 Å². The van der Waals surface area contributed by atoms with Crippen LogP contribution in [0.25, 0.3) is 0 Å². The van der Waals surface area contributed by atoms with Gasteiger partial charge in [0.1, 0.15) is 42.1 Å². The van der Waals surface area contributed by atoms with E-state index in [4.69, 9.17) is 25.2 Å². The lowest BCUT2D eigenvalue weighted by atomic mass is 9.88. The highest BCUT2D eigenvalue weighted by atomic mass is 32.2. The first-order valence-corrected chi connectivity index (χ1v) is 18.9. The van der Waals surface area contributed by atoms with E-state index >= 15 is 0 Å². The first-order chi connectivity index (χ1) is 24.6. The molecule has 12 nitrogen and oxygen atoms in total. The third-order valence-electron chi connectivity index (χ3n) is 10.8. The maximum Gasteiger partial charge on any atom is 0.320 e. The van der Waals surface area contributed by atoms with Gasteiger partial charge in [-0.3, -0.25) is 9.58 Å². The monoisotopic (exact) mass is 726 g/mol. The number of anilines is 3. The van der Waals surface area contributed by atoms with Crippen LogP contribution in [0.4, 0.5) is 21.0 Å². The Morgan fingerprint density at radius 1 is 1.16 bits per heavy atom. The van der Waals surface area contributed by atoms with Crippen LogP contribution in [0.1, 0.15) is 64.9 Å². The molecule has 2 N–H and O–H groups in total. The third-order valence-corrected chi connectivity index (χ3v) is 13.5. The lowest BCUT2D eigenvalue weighted by molar-refractivity contribution is 0.107. The van der Waals surface area contributed by atoms with Gasteiger partial charge in [-0.05, 0) is 31.9 Å². The van der Waals surface area contributed by atoms with Gasteiger partial charge < -0.3 is 25.0 Å². The second-order valence-electron chi connectivity index (χ2n) is 14.0. The van der Waals surface area contributed by atoms with E-state index in [2.05, 4.69) is 27.0 Å². The van der Waals surface area contributed by atoms with Gasteiger partial charge in [-0.15, -0.1) is 28.2 Å². The Kier molecular flexibility index (Phi) is 8.48.